The van der Waals surface area contributed by atoms with Crippen molar-refractivity contribution in [1.29, 1.82) is 0 Å². The van der Waals surface area contributed by atoms with E-state index in [0.29, 0.717) is 6.04 Å². The fraction of sp³-hybridized carbons (Fsp3) is 0.571. The number of ether oxygens (including phenoxy) is 1. The SMILES string of the molecule is CCNC(CSCCOC)c1ccc(C)cc1. The molecule has 0 fully saturated rings. The monoisotopic (exact) mass is 253 g/mol. The third-order valence-electron chi connectivity index (χ3n) is 2.65. The van der Waals surface area contributed by atoms with Crippen molar-refractivity contribution < 1.29 is 4.74 Å². The summed E-state index contributed by atoms with van der Waals surface area (Å²) in [5.74, 6) is 2.16. The highest BCUT2D eigenvalue weighted by Gasteiger charge is 2.09. The van der Waals surface area contributed by atoms with Crippen LogP contribution in [0, 0.1) is 6.92 Å². The second kappa shape index (κ2) is 8.56. The lowest BCUT2D eigenvalue weighted by Gasteiger charge is -2.18. The molecule has 0 radical (unpaired) electrons. The minimum atomic E-state index is 0.447. The topological polar surface area (TPSA) is 21.3 Å². The maximum absolute atomic E-state index is 5.06. The van der Waals surface area contributed by atoms with E-state index >= 15 is 0 Å². The number of aryl methyl sites for hydroxylation is 1. The van der Waals surface area contributed by atoms with Crippen LogP contribution < -0.4 is 5.32 Å². The smallest absolute Gasteiger partial charge is 0.0552 e. The quantitative estimate of drug-likeness (QED) is 0.720. The fourth-order valence-corrected chi connectivity index (χ4v) is 2.66. The molecule has 0 aromatic heterocycles. The molecule has 0 heterocycles. The van der Waals surface area contributed by atoms with Gasteiger partial charge in [-0.2, -0.15) is 11.8 Å². The number of thioether (sulfide) groups is 1. The van der Waals surface area contributed by atoms with Crippen LogP contribution in [0.15, 0.2) is 24.3 Å². The van der Waals surface area contributed by atoms with Crippen LogP contribution in [-0.4, -0.2) is 31.8 Å². The summed E-state index contributed by atoms with van der Waals surface area (Å²) < 4.78 is 5.06. The van der Waals surface area contributed by atoms with Crippen LogP contribution in [0.3, 0.4) is 0 Å². The molecule has 0 saturated heterocycles. The van der Waals surface area contributed by atoms with E-state index in [2.05, 4.69) is 43.4 Å². The molecule has 96 valence electrons. The molecule has 17 heavy (non-hydrogen) atoms. The number of hydrogen-bond donors (Lipinski definition) is 1. The fourth-order valence-electron chi connectivity index (χ4n) is 1.66. The molecule has 2 nitrogen and oxygen atoms in total. The molecule has 0 aliphatic carbocycles. The second-order valence-electron chi connectivity index (χ2n) is 4.09. The van der Waals surface area contributed by atoms with Crippen molar-refractivity contribution in [2.45, 2.75) is 19.9 Å². The number of nitrogens with one attached hydrogen (secondary N) is 1. The molecule has 0 saturated carbocycles. The Labute approximate surface area is 109 Å². The number of benzene rings is 1. The van der Waals surface area contributed by atoms with Crippen molar-refractivity contribution in [1.82, 2.24) is 5.32 Å². The van der Waals surface area contributed by atoms with Gasteiger partial charge in [0.1, 0.15) is 0 Å². The van der Waals surface area contributed by atoms with Crippen LogP contribution in [0.4, 0.5) is 0 Å². The lowest BCUT2D eigenvalue weighted by atomic mass is 10.1. The van der Waals surface area contributed by atoms with Crippen LogP contribution in [0.25, 0.3) is 0 Å². The predicted molar refractivity (Wildman–Crippen MR) is 76.8 cm³/mol. The van der Waals surface area contributed by atoms with E-state index in [0.717, 1.165) is 24.7 Å². The van der Waals surface area contributed by atoms with Crippen molar-refractivity contribution in [3.63, 3.8) is 0 Å². The zero-order chi connectivity index (χ0) is 12.5. The summed E-state index contributed by atoms with van der Waals surface area (Å²) >= 11 is 1.94. The zero-order valence-electron chi connectivity index (χ0n) is 11.0. The molecule has 0 spiro atoms. The first-order chi connectivity index (χ1) is 8.27. The van der Waals surface area contributed by atoms with Crippen molar-refractivity contribution in [3.8, 4) is 0 Å². The molecular formula is C14H23NOS. The van der Waals surface area contributed by atoms with E-state index in [1.807, 2.05) is 11.8 Å². The van der Waals surface area contributed by atoms with Crippen LogP contribution in [-0.2, 0) is 4.74 Å². The Morgan fingerprint density at radius 3 is 2.59 bits per heavy atom. The second-order valence-corrected chi connectivity index (χ2v) is 5.24. The Bertz CT molecular complexity index is 300. The minimum absolute atomic E-state index is 0.447. The van der Waals surface area contributed by atoms with E-state index in [-0.39, 0.29) is 0 Å². The van der Waals surface area contributed by atoms with E-state index in [9.17, 15) is 0 Å². The molecule has 0 bridgehead atoms. The number of methoxy groups -OCH3 is 1. The van der Waals surface area contributed by atoms with Crippen molar-refractivity contribution in [2.24, 2.45) is 0 Å². The molecule has 1 unspecified atom stereocenters. The molecule has 1 aromatic rings. The Morgan fingerprint density at radius 2 is 2.00 bits per heavy atom. The Hall–Kier alpha value is -0.510. The average Bonchev–Trinajstić information content (AvgIpc) is 2.34. The Balaban J connectivity index is 2.49. The van der Waals surface area contributed by atoms with Gasteiger partial charge in [0.05, 0.1) is 6.61 Å². The van der Waals surface area contributed by atoms with Gasteiger partial charge in [-0.15, -0.1) is 0 Å². The predicted octanol–water partition coefficient (Wildman–Crippen LogP) is 3.03. The maximum Gasteiger partial charge on any atom is 0.0552 e. The number of hydrogen-bond acceptors (Lipinski definition) is 3. The van der Waals surface area contributed by atoms with Crippen molar-refractivity contribution in [2.75, 3.05) is 31.8 Å². The van der Waals surface area contributed by atoms with Gasteiger partial charge in [0, 0.05) is 24.7 Å². The third-order valence-corrected chi connectivity index (χ3v) is 3.67. The van der Waals surface area contributed by atoms with Gasteiger partial charge in [-0.05, 0) is 19.0 Å². The lowest BCUT2D eigenvalue weighted by molar-refractivity contribution is 0.218. The molecule has 3 heteroatoms. The third kappa shape index (κ3) is 5.57. The first-order valence-corrected chi connectivity index (χ1v) is 7.30. The highest BCUT2D eigenvalue weighted by molar-refractivity contribution is 7.99. The van der Waals surface area contributed by atoms with Gasteiger partial charge < -0.3 is 10.1 Å². The van der Waals surface area contributed by atoms with Gasteiger partial charge >= 0.3 is 0 Å². The zero-order valence-corrected chi connectivity index (χ0v) is 11.8. The standard InChI is InChI=1S/C14H23NOS/c1-4-15-14(11-17-10-9-16-3)13-7-5-12(2)6-8-13/h5-8,14-15H,4,9-11H2,1-3H3. The lowest BCUT2D eigenvalue weighted by Crippen LogP contribution is -2.23. The molecule has 0 amide bonds. The van der Waals surface area contributed by atoms with Crippen LogP contribution in [0.5, 0.6) is 0 Å². The Kier molecular flexibility index (Phi) is 7.33. The summed E-state index contributed by atoms with van der Waals surface area (Å²) in [6, 6.07) is 9.25. The maximum atomic E-state index is 5.06. The van der Waals surface area contributed by atoms with Gasteiger partial charge in [0.2, 0.25) is 0 Å². The number of rotatable bonds is 8. The van der Waals surface area contributed by atoms with Crippen molar-refractivity contribution >= 4 is 11.8 Å². The first kappa shape index (κ1) is 14.6. The molecule has 1 atom stereocenters. The van der Waals surface area contributed by atoms with Crippen LogP contribution >= 0.6 is 11.8 Å². The van der Waals surface area contributed by atoms with Crippen LogP contribution in [0.1, 0.15) is 24.1 Å². The van der Waals surface area contributed by atoms with E-state index in [4.69, 9.17) is 4.74 Å². The highest BCUT2D eigenvalue weighted by Crippen LogP contribution is 2.18. The molecule has 0 aliphatic heterocycles. The molecule has 1 N–H and O–H groups in total. The first-order valence-electron chi connectivity index (χ1n) is 6.14. The minimum Gasteiger partial charge on any atom is -0.384 e. The summed E-state index contributed by atoms with van der Waals surface area (Å²) in [7, 11) is 1.75. The summed E-state index contributed by atoms with van der Waals surface area (Å²) in [6.45, 7) is 6.11. The van der Waals surface area contributed by atoms with Gasteiger partial charge in [0.25, 0.3) is 0 Å². The summed E-state index contributed by atoms with van der Waals surface area (Å²) in [5, 5.41) is 3.53. The van der Waals surface area contributed by atoms with Crippen molar-refractivity contribution in [3.05, 3.63) is 35.4 Å². The van der Waals surface area contributed by atoms with Gasteiger partial charge in [-0.3, -0.25) is 0 Å². The van der Waals surface area contributed by atoms with Crippen LogP contribution in [0.2, 0.25) is 0 Å². The summed E-state index contributed by atoms with van der Waals surface area (Å²) in [5.41, 5.74) is 2.69. The molecular weight excluding hydrogens is 230 g/mol. The van der Waals surface area contributed by atoms with E-state index in [1.165, 1.54) is 11.1 Å². The van der Waals surface area contributed by atoms with E-state index < -0.39 is 0 Å². The largest absolute Gasteiger partial charge is 0.384 e. The van der Waals surface area contributed by atoms with Gasteiger partial charge in [-0.25, -0.2) is 0 Å². The normalized spacial score (nSPS) is 12.6. The summed E-state index contributed by atoms with van der Waals surface area (Å²) in [4.78, 5) is 0. The molecule has 1 rings (SSSR count). The average molecular weight is 253 g/mol. The van der Waals surface area contributed by atoms with E-state index in [1.54, 1.807) is 7.11 Å². The highest BCUT2D eigenvalue weighted by atomic mass is 32.2. The summed E-state index contributed by atoms with van der Waals surface area (Å²) in [6.07, 6.45) is 0. The van der Waals surface area contributed by atoms with Gasteiger partial charge in [0.15, 0.2) is 0 Å². The molecule has 0 aliphatic rings. The Morgan fingerprint density at radius 1 is 1.29 bits per heavy atom. The molecule has 1 aromatic carbocycles. The van der Waals surface area contributed by atoms with Gasteiger partial charge in [-0.1, -0.05) is 36.8 Å².